The van der Waals surface area contributed by atoms with E-state index in [0.717, 1.165) is 0 Å². The molecule has 0 fully saturated rings. The van der Waals surface area contributed by atoms with E-state index in [1.807, 2.05) is 0 Å². The molecule has 0 amide bonds. The Morgan fingerprint density at radius 1 is 0.852 bits per heavy atom. The van der Waals surface area contributed by atoms with Crippen molar-refractivity contribution >= 4 is 27.5 Å². The van der Waals surface area contributed by atoms with Crippen molar-refractivity contribution in [1.29, 1.82) is 0 Å². The maximum Gasteiger partial charge on any atom is 0.333 e. The highest BCUT2D eigenvalue weighted by Crippen LogP contribution is 2.28. The molecule has 0 spiro atoms. The lowest BCUT2D eigenvalue weighted by molar-refractivity contribution is -0.140. The molecule has 0 aromatic heterocycles. The van der Waals surface area contributed by atoms with Crippen LogP contribution in [0.2, 0.25) is 0 Å². The summed E-state index contributed by atoms with van der Waals surface area (Å²) in [6, 6.07) is 18.9. The molecule has 0 heterocycles. The number of hydrogen-bond donors (Lipinski definition) is 0. The van der Waals surface area contributed by atoms with Crippen LogP contribution in [0, 0.1) is 0 Å². The lowest BCUT2D eigenvalue weighted by Gasteiger charge is -2.12. The second-order valence-corrected chi connectivity index (χ2v) is 6.38. The number of carbonyl (C=O) groups excluding carboxylic acids is 1. The Balaban J connectivity index is 1.53. The van der Waals surface area contributed by atoms with Crippen molar-refractivity contribution < 1.29 is 19.0 Å². The third kappa shape index (κ3) is 4.94. The van der Waals surface area contributed by atoms with E-state index in [9.17, 15) is 4.79 Å². The topological polar surface area (TPSA) is 44.8 Å². The first kappa shape index (κ1) is 19.1. The minimum Gasteiger partial charge on any atom is -0.460 e. The highest BCUT2D eigenvalue weighted by molar-refractivity contribution is 6.02. The number of esters is 1. The molecule has 0 aliphatic heterocycles. The van der Waals surface area contributed by atoms with E-state index < -0.39 is 5.97 Å². The number of carbonyl (C=O) groups is 1. The van der Waals surface area contributed by atoms with Gasteiger partial charge in [-0.1, -0.05) is 55.1 Å². The van der Waals surface area contributed by atoms with Gasteiger partial charge in [0.1, 0.15) is 6.61 Å². The zero-order chi connectivity index (χ0) is 19.1. The highest BCUT2D eigenvalue weighted by atomic mass is 16.6. The molecule has 0 unspecified atom stereocenters. The molecule has 3 rings (SSSR count). The first-order valence-electron chi connectivity index (χ1n) is 9.04. The lowest BCUT2D eigenvalue weighted by Crippen LogP contribution is -2.13. The molecule has 27 heavy (non-hydrogen) atoms. The summed E-state index contributed by atoms with van der Waals surface area (Å²) < 4.78 is 16.3. The number of ether oxygens (including phenoxy) is 3. The number of benzene rings is 3. The molecule has 0 saturated carbocycles. The fraction of sp³-hybridized carbons (Fsp3) is 0.261. The van der Waals surface area contributed by atoms with E-state index in [0.29, 0.717) is 32.0 Å². The molecular weight excluding hydrogens is 340 g/mol. The molecule has 0 bridgehead atoms. The second kappa shape index (κ2) is 9.31. The average molecular weight is 364 g/mol. The van der Waals surface area contributed by atoms with Crippen LogP contribution in [0.15, 0.2) is 66.7 Å². The molecule has 3 aromatic carbocycles. The first-order chi connectivity index (χ1) is 13.2. The lowest BCUT2D eigenvalue weighted by atomic mass is 9.97. The van der Waals surface area contributed by atoms with Gasteiger partial charge in [-0.15, -0.1) is 0 Å². The van der Waals surface area contributed by atoms with Crippen molar-refractivity contribution in [3.63, 3.8) is 0 Å². The second-order valence-electron chi connectivity index (χ2n) is 6.38. The Labute approximate surface area is 159 Å². The van der Waals surface area contributed by atoms with Crippen LogP contribution in [0.3, 0.4) is 0 Å². The van der Waals surface area contributed by atoms with Gasteiger partial charge in [0.2, 0.25) is 0 Å². The van der Waals surface area contributed by atoms with Gasteiger partial charge < -0.3 is 14.2 Å². The average Bonchev–Trinajstić information content (AvgIpc) is 2.68. The van der Waals surface area contributed by atoms with Gasteiger partial charge >= 0.3 is 5.97 Å². The zero-order valence-electron chi connectivity index (χ0n) is 15.6. The standard InChI is InChI=1S/C23H24O4/c1-17(2)23(24)27-14-13-25-11-12-26-16-22-20-9-5-3-7-18(20)15-19-8-4-6-10-21(19)22/h3-10,15H,1,11-14,16H2,2H3. The number of rotatable bonds is 9. The molecule has 3 aromatic rings. The van der Waals surface area contributed by atoms with Crippen LogP contribution in [0.5, 0.6) is 0 Å². The normalized spacial score (nSPS) is 11.0. The van der Waals surface area contributed by atoms with Gasteiger partial charge in [0, 0.05) is 5.57 Å². The minimum absolute atomic E-state index is 0.222. The predicted molar refractivity (Wildman–Crippen MR) is 108 cm³/mol. The van der Waals surface area contributed by atoms with Crippen LogP contribution in [0.4, 0.5) is 0 Å². The van der Waals surface area contributed by atoms with Gasteiger partial charge in [-0.2, -0.15) is 0 Å². The van der Waals surface area contributed by atoms with Crippen LogP contribution in [-0.2, 0) is 25.6 Å². The van der Waals surface area contributed by atoms with Crippen LogP contribution in [0.25, 0.3) is 21.5 Å². The van der Waals surface area contributed by atoms with Crippen molar-refractivity contribution in [3.05, 3.63) is 72.3 Å². The molecule has 0 aliphatic rings. The molecular formula is C23H24O4. The van der Waals surface area contributed by atoms with Crippen molar-refractivity contribution in [2.45, 2.75) is 13.5 Å². The first-order valence-corrected chi connectivity index (χ1v) is 9.04. The maximum atomic E-state index is 11.2. The Kier molecular flexibility index (Phi) is 6.58. The molecule has 4 heteroatoms. The summed E-state index contributed by atoms with van der Waals surface area (Å²) in [5.74, 6) is -0.391. The summed E-state index contributed by atoms with van der Waals surface area (Å²) in [5.41, 5.74) is 1.58. The van der Waals surface area contributed by atoms with Gasteiger partial charge in [0.15, 0.2) is 0 Å². The summed E-state index contributed by atoms with van der Waals surface area (Å²) in [6.45, 7) is 7.17. The van der Waals surface area contributed by atoms with E-state index in [1.54, 1.807) is 6.92 Å². The number of fused-ring (bicyclic) bond motifs is 2. The van der Waals surface area contributed by atoms with Crippen LogP contribution >= 0.6 is 0 Å². The molecule has 0 saturated heterocycles. The summed E-state index contributed by atoms with van der Waals surface area (Å²) >= 11 is 0. The fourth-order valence-corrected chi connectivity index (χ4v) is 2.97. The van der Waals surface area contributed by atoms with Gasteiger partial charge in [0.25, 0.3) is 0 Å². The molecule has 140 valence electrons. The summed E-state index contributed by atoms with van der Waals surface area (Å²) in [6.07, 6.45) is 0. The fourth-order valence-electron chi connectivity index (χ4n) is 2.97. The van der Waals surface area contributed by atoms with E-state index in [1.165, 1.54) is 27.1 Å². The minimum atomic E-state index is -0.391. The van der Waals surface area contributed by atoms with Gasteiger partial charge in [-0.25, -0.2) is 4.79 Å². The van der Waals surface area contributed by atoms with E-state index >= 15 is 0 Å². The summed E-state index contributed by atoms with van der Waals surface area (Å²) in [7, 11) is 0. The largest absolute Gasteiger partial charge is 0.460 e. The third-order valence-corrected chi connectivity index (χ3v) is 4.31. The highest BCUT2D eigenvalue weighted by Gasteiger charge is 2.07. The Hall–Kier alpha value is -2.69. The van der Waals surface area contributed by atoms with E-state index in [2.05, 4.69) is 61.2 Å². The SMILES string of the molecule is C=C(C)C(=O)OCCOCCOCc1c2ccccc2cc2ccccc12. The van der Waals surface area contributed by atoms with Crippen LogP contribution in [0.1, 0.15) is 12.5 Å². The van der Waals surface area contributed by atoms with Crippen molar-refractivity contribution in [1.82, 2.24) is 0 Å². The van der Waals surface area contributed by atoms with Crippen LogP contribution in [-0.4, -0.2) is 32.4 Å². The van der Waals surface area contributed by atoms with Crippen LogP contribution < -0.4 is 0 Å². The smallest absolute Gasteiger partial charge is 0.333 e. The Morgan fingerprint density at radius 2 is 1.41 bits per heavy atom. The molecule has 0 atom stereocenters. The summed E-state index contributed by atoms with van der Waals surface area (Å²) in [5, 5.41) is 4.85. The van der Waals surface area contributed by atoms with Gasteiger partial charge in [-0.3, -0.25) is 0 Å². The molecule has 4 nitrogen and oxygen atoms in total. The quantitative estimate of drug-likeness (QED) is 0.240. The molecule has 0 aliphatic carbocycles. The van der Waals surface area contributed by atoms with Gasteiger partial charge in [0.05, 0.1) is 26.4 Å². The number of hydrogen-bond acceptors (Lipinski definition) is 4. The molecule has 0 radical (unpaired) electrons. The van der Waals surface area contributed by atoms with E-state index in [-0.39, 0.29) is 6.61 Å². The van der Waals surface area contributed by atoms with Crippen molar-refractivity contribution in [2.75, 3.05) is 26.4 Å². The van der Waals surface area contributed by atoms with Gasteiger partial charge in [-0.05, 0) is 40.1 Å². The third-order valence-electron chi connectivity index (χ3n) is 4.31. The Bertz CT molecular complexity index is 891. The van der Waals surface area contributed by atoms with Crippen molar-refractivity contribution in [2.24, 2.45) is 0 Å². The maximum absolute atomic E-state index is 11.2. The van der Waals surface area contributed by atoms with Crippen molar-refractivity contribution in [3.8, 4) is 0 Å². The predicted octanol–water partition coefficient (Wildman–Crippen LogP) is 4.65. The zero-order valence-corrected chi connectivity index (χ0v) is 15.6. The van der Waals surface area contributed by atoms with E-state index in [4.69, 9.17) is 14.2 Å². The monoisotopic (exact) mass is 364 g/mol. The summed E-state index contributed by atoms with van der Waals surface area (Å²) in [4.78, 5) is 11.2. The molecule has 0 N–H and O–H groups in total. The Morgan fingerprint density at radius 3 is 2.04 bits per heavy atom.